The Balaban J connectivity index is 2.04. The molecule has 0 aromatic heterocycles. The Kier molecular flexibility index (Phi) is 1.65. The number of esters is 1. The lowest BCUT2D eigenvalue weighted by Gasteiger charge is -2.38. The Hall–Kier alpha value is -1.12. The molecule has 3 rings (SSSR count). The molecule has 1 heterocycles. The van der Waals surface area contributed by atoms with Crippen molar-refractivity contribution >= 4 is 11.8 Å². The summed E-state index contributed by atoms with van der Waals surface area (Å²) in [5.74, 6) is -0.00611. The zero-order chi connectivity index (χ0) is 10.6. The maximum atomic E-state index is 11.9. The van der Waals surface area contributed by atoms with Crippen LogP contribution in [0.2, 0.25) is 0 Å². The van der Waals surface area contributed by atoms with E-state index in [4.69, 9.17) is 4.74 Å². The van der Waals surface area contributed by atoms with Crippen LogP contribution in [-0.2, 0) is 14.3 Å². The Labute approximate surface area is 88.5 Å². The molecule has 0 aromatic carbocycles. The van der Waals surface area contributed by atoms with E-state index in [9.17, 15) is 9.59 Å². The SMILES string of the molecule is C[C@@]12CCC(=O)[C@@H]1C1=CC(=O)O[C@H]1CC2. The van der Waals surface area contributed by atoms with E-state index in [1.165, 1.54) is 0 Å². The van der Waals surface area contributed by atoms with Crippen molar-refractivity contribution in [1.82, 2.24) is 0 Å². The van der Waals surface area contributed by atoms with Gasteiger partial charge in [0.15, 0.2) is 0 Å². The van der Waals surface area contributed by atoms with Crippen LogP contribution in [0.1, 0.15) is 32.6 Å². The molecule has 2 saturated carbocycles. The van der Waals surface area contributed by atoms with E-state index < -0.39 is 0 Å². The van der Waals surface area contributed by atoms with Crippen molar-refractivity contribution in [2.45, 2.75) is 38.7 Å². The van der Waals surface area contributed by atoms with Crippen molar-refractivity contribution in [2.75, 3.05) is 0 Å². The zero-order valence-corrected chi connectivity index (χ0v) is 8.79. The third-order valence-corrected chi connectivity index (χ3v) is 4.19. The number of ketones is 1. The van der Waals surface area contributed by atoms with Gasteiger partial charge in [0.2, 0.25) is 0 Å². The number of fused-ring (bicyclic) bond motifs is 3. The Bertz CT molecular complexity index is 382. The van der Waals surface area contributed by atoms with Gasteiger partial charge in [-0.3, -0.25) is 4.79 Å². The van der Waals surface area contributed by atoms with Gasteiger partial charge in [-0.2, -0.15) is 0 Å². The van der Waals surface area contributed by atoms with E-state index in [2.05, 4.69) is 6.92 Å². The number of carbonyl (C=O) groups is 2. The first-order valence-electron chi connectivity index (χ1n) is 5.55. The second-order valence-electron chi connectivity index (χ2n) is 5.16. The minimum Gasteiger partial charge on any atom is -0.455 e. The predicted octanol–water partition coefficient (Wildman–Crippen LogP) is 1.62. The van der Waals surface area contributed by atoms with Gasteiger partial charge in [0.05, 0.1) is 0 Å². The number of rotatable bonds is 0. The Morgan fingerprint density at radius 1 is 1.40 bits per heavy atom. The highest BCUT2D eigenvalue weighted by Crippen LogP contribution is 2.54. The lowest BCUT2D eigenvalue weighted by Crippen LogP contribution is -2.36. The minimum absolute atomic E-state index is 0.0392. The highest BCUT2D eigenvalue weighted by atomic mass is 16.5. The molecule has 0 radical (unpaired) electrons. The fraction of sp³-hybridized carbons (Fsp3) is 0.667. The van der Waals surface area contributed by atoms with Gasteiger partial charge < -0.3 is 4.74 Å². The Morgan fingerprint density at radius 2 is 2.20 bits per heavy atom. The van der Waals surface area contributed by atoms with E-state index >= 15 is 0 Å². The highest BCUT2D eigenvalue weighted by Gasteiger charge is 2.53. The molecule has 1 aliphatic heterocycles. The molecule has 80 valence electrons. The molecule has 3 nitrogen and oxygen atoms in total. The monoisotopic (exact) mass is 206 g/mol. The first kappa shape index (κ1) is 9.13. The summed E-state index contributed by atoms with van der Waals surface area (Å²) in [6, 6.07) is 0. The molecule has 0 amide bonds. The molecule has 0 aromatic rings. The summed E-state index contributed by atoms with van der Waals surface area (Å²) in [5.41, 5.74) is 1.05. The first-order valence-corrected chi connectivity index (χ1v) is 5.55. The molecule has 3 heteroatoms. The summed E-state index contributed by atoms with van der Waals surface area (Å²) in [6.07, 6.45) is 4.97. The molecule has 0 bridgehead atoms. The van der Waals surface area contributed by atoms with Crippen molar-refractivity contribution < 1.29 is 14.3 Å². The van der Waals surface area contributed by atoms with Crippen molar-refractivity contribution in [3.05, 3.63) is 11.6 Å². The number of hydrogen-bond donors (Lipinski definition) is 0. The third-order valence-electron chi connectivity index (χ3n) is 4.19. The van der Waals surface area contributed by atoms with Crippen molar-refractivity contribution in [1.29, 1.82) is 0 Å². The summed E-state index contributed by atoms with van der Waals surface area (Å²) in [6.45, 7) is 2.17. The van der Waals surface area contributed by atoms with Crippen LogP contribution in [0.25, 0.3) is 0 Å². The first-order chi connectivity index (χ1) is 7.10. The molecule has 2 fully saturated rings. The van der Waals surface area contributed by atoms with Gasteiger partial charge in [0.1, 0.15) is 11.9 Å². The van der Waals surface area contributed by atoms with E-state index in [0.29, 0.717) is 12.2 Å². The normalized spacial score (nSPS) is 43.4. The van der Waals surface area contributed by atoms with E-state index in [1.54, 1.807) is 6.08 Å². The molecule has 15 heavy (non-hydrogen) atoms. The second kappa shape index (κ2) is 2.71. The second-order valence-corrected chi connectivity index (χ2v) is 5.16. The van der Waals surface area contributed by atoms with Crippen LogP contribution >= 0.6 is 0 Å². The molecule has 3 aliphatic rings. The largest absolute Gasteiger partial charge is 0.455 e. The summed E-state index contributed by atoms with van der Waals surface area (Å²) in [5, 5.41) is 0. The average molecular weight is 206 g/mol. The average Bonchev–Trinajstić information content (AvgIpc) is 2.67. The number of carbonyl (C=O) groups excluding carboxylic acids is 2. The van der Waals surface area contributed by atoms with Gasteiger partial charge in [0, 0.05) is 18.4 Å². The topological polar surface area (TPSA) is 43.4 Å². The summed E-state index contributed by atoms with van der Waals surface area (Å²) < 4.78 is 5.18. The third kappa shape index (κ3) is 1.12. The number of hydrogen-bond acceptors (Lipinski definition) is 3. The van der Waals surface area contributed by atoms with Gasteiger partial charge in [0.25, 0.3) is 0 Å². The molecule has 3 atom stereocenters. The zero-order valence-electron chi connectivity index (χ0n) is 8.79. The lowest BCUT2D eigenvalue weighted by molar-refractivity contribution is -0.140. The summed E-state index contributed by atoms with van der Waals surface area (Å²) in [4.78, 5) is 23.1. The molecular weight excluding hydrogens is 192 g/mol. The highest BCUT2D eigenvalue weighted by molar-refractivity contribution is 5.93. The van der Waals surface area contributed by atoms with Crippen LogP contribution < -0.4 is 0 Å². The van der Waals surface area contributed by atoms with Crippen LogP contribution in [-0.4, -0.2) is 17.9 Å². The van der Waals surface area contributed by atoms with Gasteiger partial charge in [-0.15, -0.1) is 0 Å². The van der Waals surface area contributed by atoms with Crippen molar-refractivity contribution in [3.63, 3.8) is 0 Å². The van der Waals surface area contributed by atoms with Gasteiger partial charge in [-0.25, -0.2) is 4.79 Å². The molecule has 0 saturated heterocycles. The number of ether oxygens (including phenoxy) is 1. The van der Waals surface area contributed by atoms with Gasteiger partial charge in [-0.1, -0.05) is 6.92 Å². The number of Topliss-reactive ketones (excluding diaryl/α,β-unsaturated/α-hetero) is 1. The fourth-order valence-corrected chi connectivity index (χ4v) is 3.37. The maximum Gasteiger partial charge on any atom is 0.331 e. The molecule has 2 aliphatic carbocycles. The van der Waals surface area contributed by atoms with Crippen molar-refractivity contribution in [3.8, 4) is 0 Å². The van der Waals surface area contributed by atoms with Gasteiger partial charge in [-0.05, 0) is 30.3 Å². The van der Waals surface area contributed by atoms with E-state index in [1.807, 2.05) is 0 Å². The standard InChI is InChI=1S/C12H14O3/c1-12-4-2-8(13)11(12)7-6-10(14)15-9(7)3-5-12/h6,9,11H,2-5H2,1H3/t9-,11-,12-/m0/s1. The van der Waals surface area contributed by atoms with Gasteiger partial charge >= 0.3 is 5.97 Å². The molecule has 0 N–H and O–H groups in total. The molecule has 0 spiro atoms. The van der Waals surface area contributed by atoms with Crippen LogP contribution in [0, 0.1) is 11.3 Å². The minimum atomic E-state index is -0.265. The predicted molar refractivity (Wildman–Crippen MR) is 53.0 cm³/mol. The quantitative estimate of drug-likeness (QED) is 0.566. The van der Waals surface area contributed by atoms with Crippen molar-refractivity contribution in [2.24, 2.45) is 11.3 Å². The maximum absolute atomic E-state index is 11.9. The van der Waals surface area contributed by atoms with Crippen LogP contribution in [0.3, 0.4) is 0 Å². The Morgan fingerprint density at radius 3 is 3.00 bits per heavy atom. The molecule has 0 unspecified atom stereocenters. The molecular formula is C12H14O3. The lowest BCUT2D eigenvalue weighted by atomic mass is 9.66. The van der Waals surface area contributed by atoms with Crippen LogP contribution in [0.4, 0.5) is 0 Å². The van der Waals surface area contributed by atoms with Crippen LogP contribution in [0.5, 0.6) is 0 Å². The smallest absolute Gasteiger partial charge is 0.331 e. The fourth-order valence-electron chi connectivity index (χ4n) is 3.37. The van der Waals surface area contributed by atoms with E-state index in [-0.39, 0.29) is 23.4 Å². The summed E-state index contributed by atoms with van der Waals surface area (Å²) in [7, 11) is 0. The summed E-state index contributed by atoms with van der Waals surface area (Å²) >= 11 is 0. The van der Waals surface area contributed by atoms with E-state index in [0.717, 1.165) is 24.8 Å². The van der Waals surface area contributed by atoms with Crippen LogP contribution in [0.15, 0.2) is 11.6 Å².